The van der Waals surface area contributed by atoms with Crippen LogP contribution in [0.2, 0.25) is 10.0 Å². The monoisotopic (exact) mass is 597 g/mol. The fourth-order valence-corrected chi connectivity index (χ4v) is 4.78. The summed E-state index contributed by atoms with van der Waals surface area (Å²) in [6.07, 6.45) is -6.93. The Bertz CT molecular complexity index is 1550. The average Bonchev–Trinajstić information content (AvgIpc) is 3.63. The van der Waals surface area contributed by atoms with Crippen molar-refractivity contribution in [1.82, 2.24) is 29.1 Å². The van der Waals surface area contributed by atoms with Crippen LogP contribution in [0, 0.1) is 0 Å². The fourth-order valence-electron chi connectivity index (χ4n) is 4.44. The molecule has 0 radical (unpaired) electrons. The summed E-state index contributed by atoms with van der Waals surface area (Å²) in [5.41, 5.74) is 0.0314. The summed E-state index contributed by atoms with van der Waals surface area (Å²) in [5.74, 6) is 0.584. The number of rotatable bonds is 8. The lowest BCUT2D eigenvalue weighted by atomic mass is 10.2. The second-order valence-electron chi connectivity index (χ2n) is 9.22. The number of ether oxygens (including phenoxy) is 1. The van der Waals surface area contributed by atoms with Crippen LogP contribution in [0.5, 0.6) is 0 Å². The second kappa shape index (κ2) is 11.2. The first kappa shape index (κ1) is 28.1. The van der Waals surface area contributed by atoms with Crippen molar-refractivity contribution in [3.63, 3.8) is 0 Å². The van der Waals surface area contributed by atoms with Gasteiger partial charge in [0, 0.05) is 30.8 Å². The summed E-state index contributed by atoms with van der Waals surface area (Å²) in [5, 5.41) is 19.4. The number of hydrogen-bond acceptors (Lipinski definition) is 7. The van der Waals surface area contributed by atoms with Gasteiger partial charge >= 0.3 is 11.9 Å². The molecule has 3 heterocycles. The Morgan fingerprint density at radius 1 is 1.12 bits per heavy atom. The zero-order valence-corrected chi connectivity index (χ0v) is 22.6. The van der Waals surface area contributed by atoms with Crippen LogP contribution >= 0.6 is 23.2 Å². The molecule has 212 valence electrons. The number of methoxy groups -OCH3 is 1. The zero-order chi connectivity index (χ0) is 28.6. The number of aliphatic hydroxyl groups excluding tert-OH is 1. The summed E-state index contributed by atoms with van der Waals surface area (Å²) < 4.78 is 48.4. The minimum atomic E-state index is -4.93. The van der Waals surface area contributed by atoms with Crippen LogP contribution in [0.4, 0.5) is 19.1 Å². The fraction of sp³-hybridized carbons (Fsp3) is 0.360. The third-order valence-electron chi connectivity index (χ3n) is 6.53. The van der Waals surface area contributed by atoms with E-state index in [4.69, 9.17) is 27.9 Å². The van der Waals surface area contributed by atoms with Crippen LogP contribution in [0.1, 0.15) is 12.2 Å². The van der Waals surface area contributed by atoms with Crippen molar-refractivity contribution in [3.8, 4) is 17.1 Å². The van der Waals surface area contributed by atoms with Crippen LogP contribution in [0.25, 0.3) is 17.1 Å². The van der Waals surface area contributed by atoms with E-state index in [1.807, 2.05) is 4.90 Å². The Balaban J connectivity index is 1.56. The molecule has 1 aliphatic rings. The number of alkyl halides is 3. The smallest absolute Gasteiger partial charge is 0.382 e. The largest absolute Gasteiger partial charge is 0.416 e. The third-order valence-corrected chi connectivity index (χ3v) is 7.10. The summed E-state index contributed by atoms with van der Waals surface area (Å²) in [6, 6.07) is 13.1. The molecule has 0 saturated carbocycles. The van der Waals surface area contributed by atoms with E-state index in [0.29, 0.717) is 40.3 Å². The van der Waals surface area contributed by atoms with Crippen molar-refractivity contribution < 1.29 is 23.0 Å². The standard InChI is InChI=1S/C25H24Cl2F3N7O3/c1-40-17-10-11-34(12-17)23-31-21(32-37(23)19-5-3-2-4-18(19)27)14-36-24(39)35(13-20(38)25(28,29)30)22(33-36)15-6-8-16(26)9-7-15/h2-9,17,20,38H,10-14H2,1H3. The lowest BCUT2D eigenvalue weighted by molar-refractivity contribution is -0.207. The molecule has 15 heteroatoms. The van der Waals surface area contributed by atoms with Crippen LogP contribution < -0.4 is 10.6 Å². The summed E-state index contributed by atoms with van der Waals surface area (Å²) in [4.78, 5) is 19.9. The van der Waals surface area contributed by atoms with Gasteiger partial charge in [0.15, 0.2) is 17.8 Å². The number of nitrogens with zero attached hydrogens (tertiary/aromatic N) is 7. The summed E-state index contributed by atoms with van der Waals surface area (Å²) in [6.45, 7) is -0.0881. The van der Waals surface area contributed by atoms with Gasteiger partial charge in [-0.1, -0.05) is 35.3 Å². The first-order valence-corrected chi connectivity index (χ1v) is 13.0. The quantitative estimate of drug-likeness (QED) is 0.329. The number of aliphatic hydroxyl groups is 1. The van der Waals surface area contributed by atoms with E-state index in [0.717, 1.165) is 15.7 Å². The topological polar surface area (TPSA) is 103 Å². The first-order valence-electron chi connectivity index (χ1n) is 12.2. The highest BCUT2D eigenvalue weighted by Crippen LogP contribution is 2.28. The van der Waals surface area contributed by atoms with Crippen molar-refractivity contribution in [2.45, 2.75) is 37.9 Å². The summed E-state index contributed by atoms with van der Waals surface area (Å²) in [7, 11) is 1.63. The van der Waals surface area contributed by atoms with Crippen LogP contribution in [0.3, 0.4) is 0 Å². The number of hydrogen-bond donors (Lipinski definition) is 1. The van der Waals surface area contributed by atoms with Crippen molar-refractivity contribution >= 4 is 29.2 Å². The molecule has 0 spiro atoms. The molecule has 2 unspecified atom stereocenters. The van der Waals surface area contributed by atoms with Gasteiger partial charge in [0.25, 0.3) is 0 Å². The van der Waals surface area contributed by atoms with E-state index < -0.39 is 24.5 Å². The Kier molecular flexibility index (Phi) is 7.91. The molecular weight excluding hydrogens is 574 g/mol. The lowest BCUT2D eigenvalue weighted by Crippen LogP contribution is -2.37. The molecule has 1 fully saturated rings. The third kappa shape index (κ3) is 5.73. The number of anilines is 1. The maximum Gasteiger partial charge on any atom is 0.416 e. The van der Waals surface area contributed by atoms with Gasteiger partial charge in [0.05, 0.1) is 23.4 Å². The zero-order valence-electron chi connectivity index (χ0n) is 21.1. The highest BCUT2D eigenvalue weighted by molar-refractivity contribution is 6.32. The molecule has 0 aliphatic carbocycles. The van der Waals surface area contributed by atoms with E-state index in [1.54, 1.807) is 36.1 Å². The van der Waals surface area contributed by atoms with Crippen LogP contribution in [-0.2, 0) is 17.8 Å². The van der Waals surface area contributed by atoms with Gasteiger partial charge in [-0.3, -0.25) is 4.57 Å². The van der Waals surface area contributed by atoms with Gasteiger partial charge in [-0.25, -0.2) is 9.48 Å². The second-order valence-corrected chi connectivity index (χ2v) is 10.1. The Labute approximate surface area is 236 Å². The van der Waals surface area contributed by atoms with E-state index >= 15 is 0 Å². The normalized spacial score (nSPS) is 16.6. The van der Waals surface area contributed by atoms with Gasteiger partial charge in [-0.2, -0.15) is 22.8 Å². The minimum absolute atomic E-state index is 0.000146. The van der Waals surface area contributed by atoms with Gasteiger partial charge in [-0.05, 0) is 42.8 Å². The molecule has 0 bridgehead atoms. The van der Waals surface area contributed by atoms with Gasteiger partial charge in [0.1, 0.15) is 6.54 Å². The van der Waals surface area contributed by atoms with E-state index in [-0.39, 0.29) is 24.3 Å². The van der Waals surface area contributed by atoms with Crippen molar-refractivity contribution in [1.29, 1.82) is 0 Å². The Hall–Kier alpha value is -3.39. The predicted octanol–water partition coefficient (Wildman–Crippen LogP) is 3.80. The molecule has 1 aliphatic heterocycles. The molecule has 1 N–H and O–H groups in total. The molecule has 5 rings (SSSR count). The molecule has 10 nitrogen and oxygen atoms in total. The predicted molar refractivity (Wildman–Crippen MR) is 142 cm³/mol. The van der Waals surface area contributed by atoms with Gasteiger partial charge in [-0.15, -0.1) is 10.2 Å². The maximum atomic E-state index is 13.3. The van der Waals surface area contributed by atoms with Crippen LogP contribution in [-0.4, -0.2) is 72.8 Å². The average molecular weight is 598 g/mol. The van der Waals surface area contributed by atoms with Crippen LogP contribution in [0.15, 0.2) is 53.3 Å². The molecular formula is C25H24Cl2F3N7O3. The number of halogens is 5. The van der Waals surface area contributed by atoms with Gasteiger partial charge < -0.3 is 14.7 Å². The van der Waals surface area contributed by atoms with E-state index in [9.17, 15) is 23.1 Å². The molecule has 40 heavy (non-hydrogen) atoms. The van der Waals surface area contributed by atoms with Crippen molar-refractivity contribution in [2.75, 3.05) is 25.1 Å². The highest BCUT2D eigenvalue weighted by Gasteiger charge is 2.39. The van der Waals surface area contributed by atoms with Crippen molar-refractivity contribution in [2.24, 2.45) is 0 Å². The molecule has 2 aromatic carbocycles. The highest BCUT2D eigenvalue weighted by atomic mass is 35.5. The van der Waals surface area contributed by atoms with Gasteiger partial charge in [0.2, 0.25) is 5.95 Å². The number of aromatic nitrogens is 6. The summed E-state index contributed by atoms with van der Waals surface area (Å²) >= 11 is 12.4. The maximum absolute atomic E-state index is 13.3. The number of para-hydroxylation sites is 1. The molecule has 0 amide bonds. The SMILES string of the molecule is COC1CCN(c2nc(Cn3nc(-c4ccc(Cl)cc4)n(CC(O)C(F)(F)F)c3=O)nn2-c2ccccc2Cl)C1. The molecule has 2 atom stereocenters. The van der Waals surface area contributed by atoms with Crippen molar-refractivity contribution in [3.05, 3.63) is 74.9 Å². The number of benzene rings is 2. The first-order chi connectivity index (χ1) is 19.0. The molecule has 1 saturated heterocycles. The lowest BCUT2D eigenvalue weighted by Gasteiger charge is -2.18. The molecule has 2 aromatic heterocycles. The van der Waals surface area contributed by atoms with E-state index in [1.165, 1.54) is 24.3 Å². The molecule has 4 aromatic rings. The van der Waals surface area contributed by atoms with E-state index in [2.05, 4.69) is 15.2 Å². The Morgan fingerprint density at radius 3 is 2.50 bits per heavy atom. The minimum Gasteiger partial charge on any atom is -0.382 e. The Morgan fingerprint density at radius 2 is 1.85 bits per heavy atom.